The highest BCUT2D eigenvalue weighted by Gasteiger charge is 2.30. The fraction of sp³-hybridized carbons (Fsp3) is 0.579. The number of amides is 2. The second kappa shape index (κ2) is 7.76. The molecule has 25 heavy (non-hydrogen) atoms. The van der Waals surface area contributed by atoms with Crippen molar-refractivity contribution in [3.63, 3.8) is 0 Å². The summed E-state index contributed by atoms with van der Waals surface area (Å²) >= 11 is 0. The summed E-state index contributed by atoms with van der Waals surface area (Å²) in [5.74, 6) is 1.69. The lowest BCUT2D eigenvalue weighted by atomic mass is 9.96. The van der Waals surface area contributed by atoms with E-state index in [0.29, 0.717) is 36.1 Å². The molecule has 1 saturated heterocycles. The van der Waals surface area contributed by atoms with Gasteiger partial charge in [0.2, 0.25) is 5.91 Å². The van der Waals surface area contributed by atoms with Crippen LogP contribution in [0.1, 0.15) is 36.0 Å². The summed E-state index contributed by atoms with van der Waals surface area (Å²) in [7, 11) is 3.12. The normalized spacial score (nSPS) is 20.1. The monoisotopic (exact) mass is 346 g/mol. The molecule has 1 aliphatic heterocycles. The second-order valence-electron chi connectivity index (χ2n) is 6.88. The van der Waals surface area contributed by atoms with Crippen molar-refractivity contribution in [3.8, 4) is 11.5 Å². The van der Waals surface area contributed by atoms with Gasteiger partial charge in [0.1, 0.15) is 11.5 Å². The predicted octanol–water partition coefficient (Wildman–Crippen LogP) is 2.08. The Morgan fingerprint density at radius 3 is 2.40 bits per heavy atom. The van der Waals surface area contributed by atoms with Crippen LogP contribution in [-0.4, -0.2) is 50.6 Å². The largest absolute Gasteiger partial charge is 0.497 e. The Kier molecular flexibility index (Phi) is 5.46. The smallest absolute Gasteiger partial charge is 0.254 e. The van der Waals surface area contributed by atoms with E-state index < -0.39 is 0 Å². The van der Waals surface area contributed by atoms with E-state index in [4.69, 9.17) is 9.47 Å². The summed E-state index contributed by atoms with van der Waals surface area (Å²) in [5.41, 5.74) is 0.523. The van der Waals surface area contributed by atoms with Gasteiger partial charge in [-0.15, -0.1) is 0 Å². The zero-order valence-corrected chi connectivity index (χ0v) is 14.9. The molecule has 136 valence electrons. The van der Waals surface area contributed by atoms with E-state index in [9.17, 15) is 9.59 Å². The minimum atomic E-state index is -0.121. The topological polar surface area (TPSA) is 67.9 Å². The average molecular weight is 346 g/mol. The molecule has 1 heterocycles. The van der Waals surface area contributed by atoms with Crippen molar-refractivity contribution in [1.82, 2.24) is 10.2 Å². The fourth-order valence-electron chi connectivity index (χ4n) is 3.20. The number of hydrogen-bond acceptors (Lipinski definition) is 4. The molecular weight excluding hydrogens is 320 g/mol. The van der Waals surface area contributed by atoms with Crippen molar-refractivity contribution in [3.05, 3.63) is 23.8 Å². The van der Waals surface area contributed by atoms with Gasteiger partial charge in [0, 0.05) is 31.3 Å². The molecule has 1 aliphatic carbocycles. The number of carbonyl (C=O) groups is 2. The Labute approximate surface area is 148 Å². The molecule has 1 N–H and O–H groups in total. The quantitative estimate of drug-likeness (QED) is 0.856. The fourth-order valence-corrected chi connectivity index (χ4v) is 3.20. The minimum absolute atomic E-state index is 0.0765. The van der Waals surface area contributed by atoms with Gasteiger partial charge >= 0.3 is 0 Å². The molecule has 6 nitrogen and oxygen atoms in total. The molecule has 0 unspecified atom stereocenters. The summed E-state index contributed by atoms with van der Waals surface area (Å²) in [6.07, 6.45) is 4.11. The molecule has 1 aromatic rings. The molecule has 0 radical (unpaired) electrons. The lowest BCUT2D eigenvalue weighted by molar-refractivity contribution is -0.126. The number of benzene rings is 1. The van der Waals surface area contributed by atoms with Gasteiger partial charge in [-0.05, 0) is 43.7 Å². The van der Waals surface area contributed by atoms with E-state index in [0.717, 1.165) is 19.4 Å². The molecule has 6 heteroatoms. The number of piperidine rings is 1. The van der Waals surface area contributed by atoms with Crippen molar-refractivity contribution in [2.24, 2.45) is 11.8 Å². The van der Waals surface area contributed by atoms with E-state index in [1.54, 1.807) is 37.3 Å². The Morgan fingerprint density at radius 2 is 1.80 bits per heavy atom. The van der Waals surface area contributed by atoms with E-state index in [1.165, 1.54) is 12.8 Å². The molecule has 2 amide bonds. The Balaban J connectivity index is 1.65. The van der Waals surface area contributed by atoms with Crippen LogP contribution in [-0.2, 0) is 4.79 Å². The molecule has 3 rings (SSSR count). The van der Waals surface area contributed by atoms with E-state index >= 15 is 0 Å². The lowest BCUT2D eigenvalue weighted by Crippen LogP contribution is -2.45. The molecule has 1 atom stereocenters. The Hall–Kier alpha value is -2.24. The first-order valence-corrected chi connectivity index (χ1v) is 8.90. The number of likely N-dealkylation sites (tertiary alicyclic amines) is 1. The second-order valence-corrected chi connectivity index (χ2v) is 6.88. The van der Waals surface area contributed by atoms with Gasteiger partial charge in [0.25, 0.3) is 5.91 Å². The van der Waals surface area contributed by atoms with Gasteiger partial charge in [-0.2, -0.15) is 0 Å². The average Bonchev–Trinajstić information content (AvgIpc) is 3.49. The Bertz CT molecular complexity index is 620. The molecule has 1 saturated carbocycles. The van der Waals surface area contributed by atoms with Crippen molar-refractivity contribution in [2.45, 2.75) is 25.7 Å². The molecule has 2 aliphatic rings. The predicted molar refractivity (Wildman–Crippen MR) is 93.9 cm³/mol. The SMILES string of the molecule is COc1cc(OC)cc(C(=O)N2CCC[C@@H](C(=O)NCC3CC3)C2)c1. The van der Waals surface area contributed by atoms with E-state index in [-0.39, 0.29) is 17.7 Å². The number of nitrogens with zero attached hydrogens (tertiary/aromatic N) is 1. The van der Waals surface area contributed by atoms with Gasteiger partial charge in [-0.3, -0.25) is 9.59 Å². The summed E-state index contributed by atoms with van der Waals surface area (Å²) in [6, 6.07) is 5.16. The van der Waals surface area contributed by atoms with Crippen molar-refractivity contribution in [2.75, 3.05) is 33.9 Å². The molecule has 2 fully saturated rings. The number of nitrogens with one attached hydrogen (secondary N) is 1. The Morgan fingerprint density at radius 1 is 1.12 bits per heavy atom. The number of ether oxygens (including phenoxy) is 2. The standard InChI is InChI=1S/C19H26N2O4/c1-24-16-8-15(9-17(10-16)25-2)19(23)21-7-3-4-14(12-21)18(22)20-11-13-5-6-13/h8-10,13-14H,3-7,11-12H2,1-2H3,(H,20,22)/t14-/m1/s1. The highest BCUT2D eigenvalue weighted by molar-refractivity contribution is 5.95. The van der Waals surface area contributed by atoms with Crippen LogP contribution >= 0.6 is 0 Å². The van der Waals surface area contributed by atoms with Crippen molar-refractivity contribution < 1.29 is 19.1 Å². The molecule has 0 bridgehead atoms. The highest BCUT2D eigenvalue weighted by atomic mass is 16.5. The molecule has 0 spiro atoms. The molecule has 0 aromatic heterocycles. The van der Waals surface area contributed by atoms with Crippen LogP contribution in [0.15, 0.2) is 18.2 Å². The first kappa shape index (κ1) is 17.6. The number of methoxy groups -OCH3 is 2. The minimum Gasteiger partial charge on any atom is -0.497 e. The maximum Gasteiger partial charge on any atom is 0.254 e. The van der Waals surface area contributed by atoms with Crippen LogP contribution in [0.5, 0.6) is 11.5 Å². The van der Waals surface area contributed by atoms with E-state index in [1.807, 2.05) is 0 Å². The third kappa shape index (κ3) is 4.44. The molecule has 1 aromatic carbocycles. The number of hydrogen-bond donors (Lipinski definition) is 1. The third-order valence-corrected chi connectivity index (χ3v) is 4.94. The van der Waals surface area contributed by atoms with Crippen LogP contribution in [0, 0.1) is 11.8 Å². The first-order valence-electron chi connectivity index (χ1n) is 8.90. The summed E-state index contributed by atoms with van der Waals surface area (Å²) in [6.45, 7) is 1.91. The van der Waals surface area contributed by atoms with Crippen LogP contribution in [0.2, 0.25) is 0 Å². The first-order chi connectivity index (χ1) is 12.1. The summed E-state index contributed by atoms with van der Waals surface area (Å²) in [5, 5.41) is 3.03. The molecular formula is C19H26N2O4. The van der Waals surface area contributed by atoms with Crippen LogP contribution < -0.4 is 14.8 Å². The van der Waals surface area contributed by atoms with Crippen molar-refractivity contribution in [1.29, 1.82) is 0 Å². The summed E-state index contributed by atoms with van der Waals surface area (Å²) < 4.78 is 10.5. The zero-order valence-electron chi connectivity index (χ0n) is 14.9. The van der Waals surface area contributed by atoms with Gasteiger partial charge in [0.05, 0.1) is 20.1 Å². The number of carbonyl (C=O) groups excluding carboxylic acids is 2. The van der Waals surface area contributed by atoms with Crippen molar-refractivity contribution >= 4 is 11.8 Å². The summed E-state index contributed by atoms with van der Waals surface area (Å²) in [4.78, 5) is 27.0. The van der Waals surface area contributed by atoms with Crippen LogP contribution in [0.4, 0.5) is 0 Å². The van der Waals surface area contributed by atoms with Gasteiger partial charge in [-0.1, -0.05) is 0 Å². The van der Waals surface area contributed by atoms with Crippen LogP contribution in [0.25, 0.3) is 0 Å². The van der Waals surface area contributed by atoms with Gasteiger partial charge < -0.3 is 19.7 Å². The maximum atomic E-state index is 12.9. The zero-order chi connectivity index (χ0) is 17.8. The lowest BCUT2D eigenvalue weighted by Gasteiger charge is -2.32. The van der Waals surface area contributed by atoms with Gasteiger partial charge in [-0.25, -0.2) is 0 Å². The third-order valence-electron chi connectivity index (χ3n) is 4.94. The van der Waals surface area contributed by atoms with Crippen LogP contribution in [0.3, 0.4) is 0 Å². The number of rotatable bonds is 6. The van der Waals surface area contributed by atoms with E-state index in [2.05, 4.69) is 5.32 Å². The highest BCUT2D eigenvalue weighted by Crippen LogP contribution is 2.28. The van der Waals surface area contributed by atoms with Gasteiger partial charge in [0.15, 0.2) is 0 Å². The maximum absolute atomic E-state index is 12.9.